The summed E-state index contributed by atoms with van der Waals surface area (Å²) >= 11 is 0. The molecule has 4 heteroatoms. The minimum absolute atomic E-state index is 0.0582. The molecule has 0 saturated carbocycles. The number of Topliss-reactive ketones (excluding diaryl/α,β-unsaturated/α-hetero) is 1. The molecule has 0 bridgehead atoms. The predicted molar refractivity (Wildman–Crippen MR) is 67.6 cm³/mol. The summed E-state index contributed by atoms with van der Waals surface area (Å²) in [4.78, 5) is 13.7. The van der Waals surface area contributed by atoms with E-state index in [1.165, 1.54) is 6.07 Å². The Labute approximate surface area is 107 Å². The summed E-state index contributed by atoms with van der Waals surface area (Å²) in [7, 11) is 1.81. The third kappa shape index (κ3) is 4.53. The van der Waals surface area contributed by atoms with Crippen LogP contribution in [0.25, 0.3) is 0 Å². The number of nitrogens with zero attached hydrogens (tertiary/aromatic N) is 1. The van der Waals surface area contributed by atoms with Crippen LogP contribution in [0.3, 0.4) is 0 Å². The molecule has 0 fully saturated rings. The summed E-state index contributed by atoms with van der Waals surface area (Å²) in [5.41, 5.74) is 0.00766. The first-order valence-corrected chi connectivity index (χ1v) is 5.86. The lowest BCUT2D eigenvalue weighted by atomic mass is 9.96. The molecule has 100 valence electrons. The van der Waals surface area contributed by atoms with E-state index < -0.39 is 11.6 Å². The molecule has 0 amide bonds. The Morgan fingerprint density at radius 3 is 2.39 bits per heavy atom. The minimum Gasteiger partial charge on any atom is -0.298 e. The summed E-state index contributed by atoms with van der Waals surface area (Å²) in [6.07, 6.45) is 0. The molecular weight excluding hydrogens is 236 g/mol. The van der Waals surface area contributed by atoms with Crippen LogP contribution in [-0.4, -0.2) is 30.8 Å². The van der Waals surface area contributed by atoms with Crippen LogP contribution in [0.15, 0.2) is 18.2 Å². The SMILES string of the molecule is CN(CC(=O)c1ccc(F)cc1F)CC(C)(C)C. The molecule has 0 aliphatic rings. The van der Waals surface area contributed by atoms with Gasteiger partial charge in [-0.25, -0.2) is 8.78 Å². The van der Waals surface area contributed by atoms with E-state index in [9.17, 15) is 13.6 Å². The number of carbonyl (C=O) groups excluding carboxylic acids is 1. The monoisotopic (exact) mass is 255 g/mol. The fourth-order valence-corrected chi connectivity index (χ4v) is 1.91. The van der Waals surface area contributed by atoms with Crippen LogP contribution in [0.2, 0.25) is 0 Å². The van der Waals surface area contributed by atoms with Crippen molar-refractivity contribution in [2.75, 3.05) is 20.1 Å². The number of carbonyl (C=O) groups is 1. The molecule has 0 unspecified atom stereocenters. The molecule has 0 heterocycles. The molecule has 1 rings (SSSR count). The maximum Gasteiger partial charge on any atom is 0.179 e. The van der Waals surface area contributed by atoms with Crippen molar-refractivity contribution in [2.45, 2.75) is 20.8 Å². The van der Waals surface area contributed by atoms with E-state index in [2.05, 4.69) is 20.8 Å². The van der Waals surface area contributed by atoms with Crippen LogP contribution in [0.5, 0.6) is 0 Å². The van der Waals surface area contributed by atoms with Gasteiger partial charge in [-0.2, -0.15) is 0 Å². The molecule has 0 aliphatic heterocycles. The van der Waals surface area contributed by atoms with E-state index in [4.69, 9.17) is 0 Å². The summed E-state index contributed by atoms with van der Waals surface area (Å²) < 4.78 is 26.1. The first-order valence-electron chi connectivity index (χ1n) is 5.86. The van der Waals surface area contributed by atoms with Crippen molar-refractivity contribution in [3.8, 4) is 0 Å². The van der Waals surface area contributed by atoms with Gasteiger partial charge in [0.1, 0.15) is 11.6 Å². The van der Waals surface area contributed by atoms with Crippen LogP contribution < -0.4 is 0 Å². The Kier molecular flexibility index (Phi) is 4.57. The number of likely N-dealkylation sites (N-methyl/N-ethyl adjacent to an activating group) is 1. The molecule has 0 atom stereocenters. The molecule has 0 radical (unpaired) electrons. The number of rotatable bonds is 4. The van der Waals surface area contributed by atoms with Gasteiger partial charge in [-0.3, -0.25) is 9.69 Å². The van der Waals surface area contributed by atoms with Crippen LogP contribution in [-0.2, 0) is 0 Å². The fourth-order valence-electron chi connectivity index (χ4n) is 1.91. The van der Waals surface area contributed by atoms with E-state index in [-0.39, 0.29) is 23.3 Å². The Hall–Kier alpha value is -1.29. The highest BCUT2D eigenvalue weighted by atomic mass is 19.1. The minimum atomic E-state index is -0.802. The first kappa shape index (κ1) is 14.8. The maximum absolute atomic E-state index is 13.4. The standard InChI is InChI=1S/C14H19F2NO/c1-14(2,3)9-17(4)8-13(18)11-6-5-10(15)7-12(11)16/h5-7H,8-9H2,1-4H3. The second-order valence-electron chi connectivity index (χ2n) is 5.78. The maximum atomic E-state index is 13.4. The van der Waals surface area contributed by atoms with Gasteiger partial charge in [0.05, 0.1) is 12.1 Å². The van der Waals surface area contributed by atoms with Gasteiger partial charge in [-0.15, -0.1) is 0 Å². The van der Waals surface area contributed by atoms with Crippen molar-refractivity contribution >= 4 is 5.78 Å². The van der Waals surface area contributed by atoms with Crippen LogP contribution in [0.4, 0.5) is 8.78 Å². The predicted octanol–water partition coefficient (Wildman–Crippen LogP) is 3.13. The van der Waals surface area contributed by atoms with Gasteiger partial charge in [0.15, 0.2) is 5.78 Å². The van der Waals surface area contributed by atoms with E-state index >= 15 is 0 Å². The Balaban J connectivity index is 2.71. The lowest BCUT2D eigenvalue weighted by Gasteiger charge is -2.25. The summed E-state index contributed by atoms with van der Waals surface area (Å²) in [6, 6.07) is 3.02. The molecular formula is C14H19F2NO. The highest BCUT2D eigenvalue weighted by Crippen LogP contribution is 2.15. The van der Waals surface area contributed by atoms with Crippen LogP contribution in [0.1, 0.15) is 31.1 Å². The van der Waals surface area contributed by atoms with Gasteiger partial charge in [-0.1, -0.05) is 20.8 Å². The molecule has 0 saturated heterocycles. The third-order valence-corrected chi connectivity index (χ3v) is 2.39. The second kappa shape index (κ2) is 5.57. The Morgan fingerprint density at radius 1 is 1.28 bits per heavy atom. The average Bonchev–Trinajstić information content (AvgIpc) is 2.13. The molecule has 1 aromatic carbocycles. The summed E-state index contributed by atoms with van der Waals surface area (Å²) in [5.74, 6) is -1.81. The van der Waals surface area contributed by atoms with E-state index in [1.54, 1.807) is 0 Å². The molecule has 18 heavy (non-hydrogen) atoms. The van der Waals surface area contributed by atoms with Crippen molar-refractivity contribution in [1.29, 1.82) is 0 Å². The van der Waals surface area contributed by atoms with Crippen molar-refractivity contribution in [2.24, 2.45) is 5.41 Å². The van der Waals surface area contributed by atoms with Crippen LogP contribution in [0, 0.1) is 17.0 Å². The molecule has 0 N–H and O–H groups in total. The Morgan fingerprint density at radius 2 is 1.89 bits per heavy atom. The van der Waals surface area contributed by atoms with Gasteiger partial charge in [0.25, 0.3) is 0 Å². The zero-order valence-corrected chi connectivity index (χ0v) is 11.3. The number of ketones is 1. The Bertz CT molecular complexity index is 438. The molecule has 2 nitrogen and oxygen atoms in total. The number of halogens is 2. The van der Waals surface area contributed by atoms with E-state index in [0.29, 0.717) is 0 Å². The van der Waals surface area contributed by atoms with Crippen molar-refractivity contribution in [1.82, 2.24) is 4.90 Å². The van der Waals surface area contributed by atoms with E-state index in [0.717, 1.165) is 18.7 Å². The second-order valence-corrected chi connectivity index (χ2v) is 5.78. The van der Waals surface area contributed by atoms with Gasteiger partial charge in [-0.05, 0) is 24.6 Å². The fraction of sp³-hybridized carbons (Fsp3) is 0.500. The molecule has 1 aromatic rings. The lowest BCUT2D eigenvalue weighted by molar-refractivity contribution is 0.0923. The van der Waals surface area contributed by atoms with Gasteiger partial charge in [0, 0.05) is 12.6 Å². The van der Waals surface area contributed by atoms with Crippen molar-refractivity contribution < 1.29 is 13.6 Å². The van der Waals surface area contributed by atoms with E-state index in [1.807, 2.05) is 11.9 Å². The van der Waals surface area contributed by atoms with Crippen LogP contribution >= 0.6 is 0 Å². The number of hydrogen-bond donors (Lipinski definition) is 0. The summed E-state index contributed by atoms with van der Waals surface area (Å²) in [5, 5.41) is 0. The quantitative estimate of drug-likeness (QED) is 0.770. The zero-order valence-electron chi connectivity index (χ0n) is 11.3. The van der Waals surface area contributed by atoms with Crippen molar-refractivity contribution in [3.63, 3.8) is 0 Å². The zero-order chi connectivity index (χ0) is 13.9. The normalized spacial score (nSPS) is 11.9. The smallest absolute Gasteiger partial charge is 0.179 e. The van der Waals surface area contributed by atoms with Gasteiger partial charge >= 0.3 is 0 Å². The van der Waals surface area contributed by atoms with Gasteiger partial charge < -0.3 is 0 Å². The largest absolute Gasteiger partial charge is 0.298 e. The molecule has 0 aliphatic carbocycles. The first-order chi connectivity index (χ1) is 8.19. The molecule has 0 aromatic heterocycles. The number of benzene rings is 1. The highest BCUT2D eigenvalue weighted by molar-refractivity contribution is 5.97. The number of hydrogen-bond acceptors (Lipinski definition) is 2. The lowest BCUT2D eigenvalue weighted by Crippen LogP contribution is -2.33. The average molecular weight is 255 g/mol. The topological polar surface area (TPSA) is 20.3 Å². The molecule has 0 spiro atoms. The summed E-state index contributed by atoms with van der Waals surface area (Å²) in [6.45, 7) is 7.03. The van der Waals surface area contributed by atoms with Crippen molar-refractivity contribution in [3.05, 3.63) is 35.4 Å². The third-order valence-electron chi connectivity index (χ3n) is 2.39. The highest BCUT2D eigenvalue weighted by Gasteiger charge is 2.18. The van der Waals surface area contributed by atoms with Gasteiger partial charge in [0.2, 0.25) is 0 Å².